The first-order valence-corrected chi connectivity index (χ1v) is 9.48. The predicted molar refractivity (Wildman–Crippen MR) is 90.8 cm³/mol. The van der Waals surface area contributed by atoms with Crippen molar-refractivity contribution < 1.29 is 0 Å². The normalized spacial score (nSPS) is 22.5. The summed E-state index contributed by atoms with van der Waals surface area (Å²) in [4.78, 5) is 9.88. The molecule has 3 rings (SSSR count). The van der Waals surface area contributed by atoms with Crippen LogP contribution in [0.5, 0.6) is 0 Å². The Morgan fingerprint density at radius 2 is 1.90 bits per heavy atom. The second-order valence-corrected chi connectivity index (χ2v) is 7.39. The third-order valence-corrected chi connectivity index (χ3v) is 5.84. The number of hydrogen-bond acceptors (Lipinski definition) is 4. The zero-order chi connectivity index (χ0) is 14.5. The molecule has 0 aliphatic carbocycles. The van der Waals surface area contributed by atoms with Gasteiger partial charge in [0.05, 0.1) is 5.69 Å². The fourth-order valence-corrected chi connectivity index (χ4v) is 4.41. The molecule has 0 saturated carbocycles. The van der Waals surface area contributed by atoms with Gasteiger partial charge in [-0.05, 0) is 42.4 Å². The minimum atomic E-state index is 0.857. The van der Waals surface area contributed by atoms with Gasteiger partial charge in [0, 0.05) is 45.0 Å². The largest absolute Gasteiger partial charge is 0.298 e. The van der Waals surface area contributed by atoms with E-state index >= 15 is 0 Å². The maximum Gasteiger partial charge on any atom is 0.0544 e. The second-order valence-electron chi connectivity index (χ2n) is 6.17. The van der Waals surface area contributed by atoms with Crippen LogP contribution in [-0.2, 0) is 13.0 Å². The number of piperazine rings is 1. The molecule has 0 amide bonds. The van der Waals surface area contributed by atoms with Gasteiger partial charge < -0.3 is 0 Å². The van der Waals surface area contributed by atoms with Crippen LogP contribution >= 0.6 is 11.8 Å². The molecule has 1 aromatic rings. The molecule has 0 N–H and O–H groups in total. The van der Waals surface area contributed by atoms with E-state index in [0.717, 1.165) is 19.0 Å². The number of pyridine rings is 1. The van der Waals surface area contributed by atoms with Crippen molar-refractivity contribution in [2.75, 3.05) is 37.7 Å². The SMILES string of the molecule is CCc1ccc(CN2CCN(C3CCSCC3)CC2)nc1. The number of aromatic nitrogens is 1. The molecule has 0 unspecified atom stereocenters. The van der Waals surface area contributed by atoms with E-state index in [9.17, 15) is 0 Å². The summed E-state index contributed by atoms with van der Waals surface area (Å²) >= 11 is 2.12. The van der Waals surface area contributed by atoms with Crippen LogP contribution in [0.15, 0.2) is 18.3 Å². The topological polar surface area (TPSA) is 19.4 Å². The van der Waals surface area contributed by atoms with Crippen molar-refractivity contribution in [2.24, 2.45) is 0 Å². The zero-order valence-electron chi connectivity index (χ0n) is 13.1. The Morgan fingerprint density at radius 1 is 1.14 bits per heavy atom. The Bertz CT molecular complexity index is 420. The lowest BCUT2D eigenvalue weighted by molar-refractivity contribution is 0.0873. The van der Waals surface area contributed by atoms with Gasteiger partial charge in [-0.25, -0.2) is 0 Å². The summed E-state index contributed by atoms with van der Waals surface area (Å²) in [7, 11) is 0. The maximum atomic E-state index is 4.59. The van der Waals surface area contributed by atoms with E-state index in [1.807, 2.05) is 6.20 Å². The van der Waals surface area contributed by atoms with Crippen LogP contribution < -0.4 is 0 Å². The van der Waals surface area contributed by atoms with Crippen LogP contribution in [0.3, 0.4) is 0 Å². The van der Waals surface area contributed by atoms with Gasteiger partial charge in [-0.15, -0.1) is 0 Å². The molecule has 2 fully saturated rings. The van der Waals surface area contributed by atoms with Gasteiger partial charge in [-0.2, -0.15) is 11.8 Å². The van der Waals surface area contributed by atoms with E-state index < -0.39 is 0 Å². The number of hydrogen-bond donors (Lipinski definition) is 0. The van der Waals surface area contributed by atoms with Crippen molar-refractivity contribution in [3.63, 3.8) is 0 Å². The third kappa shape index (κ3) is 4.21. The number of nitrogens with zero attached hydrogens (tertiary/aromatic N) is 3. The van der Waals surface area contributed by atoms with Gasteiger partial charge in [0.2, 0.25) is 0 Å². The van der Waals surface area contributed by atoms with Gasteiger partial charge >= 0.3 is 0 Å². The molecule has 0 aromatic carbocycles. The van der Waals surface area contributed by atoms with Crippen LogP contribution in [-0.4, -0.2) is 58.5 Å². The van der Waals surface area contributed by atoms with E-state index in [1.165, 1.54) is 61.8 Å². The minimum absolute atomic E-state index is 0.857. The maximum absolute atomic E-state index is 4.59. The van der Waals surface area contributed by atoms with Crippen molar-refractivity contribution in [3.05, 3.63) is 29.6 Å². The first-order chi connectivity index (χ1) is 10.3. The molecule has 4 heteroatoms. The highest BCUT2D eigenvalue weighted by atomic mass is 32.2. The molecule has 0 spiro atoms. The van der Waals surface area contributed by atoms with E-state index in [4.69, 9.17) is 0 Å². The van der Waals surface area contributed by atoms with E-state index in [2.05, 4.69) is 45.6 Å². The molecule has 0 bridgehead atoms. The van der Waals surface area contributed by atoms with Crippen LogP contribution in [0.4, 0.5) is 0 Å². The average Bonchev–Trinajstić information content (AvgIpc) is 2.57. The van der Waals surface area contributed by atoms with Crippen LogP contribution in [0.1, 0.15) is 31.0 Å². The molecule has 3 nitrogen and oxygen atoms in total. The lowest BCUT2D eigenvalue weighted by atomic mass is 10.1. The Hall–Kier alpha value is -0.580. The van der Waals surface area contributed by atoms with Crippen molar-refractivity contribution in [1.82, 2.24) is 14.8 Å². The van der Waals surface area contributed by atoms with E-state index in [1.54, 1.807) is 0 Å². The molecule has 2 aliphatic heterocycles. The fraction of sp³-hybridized carbons (Fsp3) is 0.706. The Morgan fingerprint density at radius 3 is 2.52 bits per heavy atom. The van der Waals surface area contributed by atoms with Gasteiger partial charge in [0.25, 0.3) is 0 Å². The second kappa shape index (κ2) is 7.61. The fourth-order valence-electron chi connectivity index (χ4n) is 3.32. The molecular formula is C17H27N3S. The van der Waals surface area contributed by atoms with Gasteiger partial charge in [0.15, 0.2) is 0 Å². The summed E-state index contributed by atoms with van der Waals surface area (Å²) in [5.74, 6) is 2.72. The molecular weight excluding hydrogens is 278 g/mol. The quantitative estimate of drug-likeness (QED) is 0.851. The lowest BCUT2D eigenvalue weighted by Crippen LogP contribution is -2.50. The summed E-state index contributed by atoms with van der Waals surface area (Å²) < 4.78 is 0. The van der Waals surface area contributed by atoms with E-state index in [-0.39, 0.29) is 0 Å². The molecule has 1 aromatic heterocycles. The number of rotatable bonds is 4. The predicted octanol–water partition coefficient (Wildman–Crippen LogP) is 2.66. The van der Waals surface area contributed by atoms with Gasteiger partial charge in [-0.1, -0.05) is 13.0 Å². The molecule has 0 atom stereocenters. The van der Waals surface area contributed by atoms with Crippen LogP contribution in [0.2, 0.25) is 0 Å². The highest BCUT2D eigenvalue weighted by molar-refractivity contribution is 7.99. The summed E-state index contributed by atoms with van der Waals surface area (Å²) in [5.41, 5.74) is 2.55. The average molecular weight is 305 g/mol. The summed E-state index contributed by atoms with van der Waals surface area (Å²) in [6.45, 7) is 8.06. The molecule has 3 heterocycles. The molecule has 21 heavy (non-hydrogen) atoms. The first-order valence-electron chi connectivity index (χ1n) is 8.33. The minimum Gasteiger partial charge on any atom is -0.298 e. The monoisotopic (exact) mass is 305 g/mol. The number of aryl methyl sites for hydroxylation is 1. The summed E-state index contributed by atoms with van der Waals surface area (Å²) in [5, 5.41) is 0. The Labute approximate surface area is 133 Å². The van der Waals surface area contributed by atoms with Crippen LogP contribution in [0, 0.1) is 0 Å². The first kappa shape index (κ1) is 15.3. The van der Waals surface area contributed by atoms with E-state index in [0.29, 0.717) is 0 Å². The van der Waals surface area contributed by atoms with Gasteiger partial charge in [0.1, 0.15) is 0 Å². The smallest absolute Gasteiger partial charge is 0.0544 e. The van der Waals surface area contributed by atoms with Crippen molar-refractivity contribution in [2.45, 2.75) is 38.8 Å². The van der Waals surface area contributed by atoms with Crippen LogP contribution in [0.25, 0.3) is 0 Å². The van der Waals surface area contributed by atoms with Crippen molar-refractivity contribution in [1.29, 1.82) is 0 Å². The molecule has 116 valence electrons. The lowest BCUT2D eigenvalue weighted by Gasteiger charge is -2.40. The molecule has 2 aliphatic rings. The van der Waals surface area contributed by atoms with Gasteiger partial charge in [-0.3, -0.25) is 14.8 Å². The summed E-state index contributed by atoms with van der Waals surface area (Å²) in [6.07, 6.45) is 5.90. The highest BCUT2D eigenvalue weighted by Crippen LogP contribution is 2.22. The van der Waals surface area contributed by atoms with Crippen molar-refractivity contribution in [3.8, 4) is 0 Å². The molecule has 0 radical (unpaired) electrons. The third-order valence-electron chi connectivity index (χ3n) is 4.79. The zero-order valence-corrected chi connectivity index (χ0v) is 13.9. The standard InChI is InChI=1S/C17H27N3S/c1-2-15-3-4-16(18-13-15)14-19-7-9-20(10-8-19)17-5-11-21-12-6-17/h3-4,13,17H,2,5-12,14H2,1H3. The van der Waals surface area contributed by atoms with Crippen molar-refractivity contribution >= 4 is 11.8 Å². The summed E-state index contributed by atoms with van der Waals surface area (Å²) in [6, 6.07) is 5.28. The molecule has 2 saturated heterocycles. The number of thioether (sulfide) groups is 1. The highest BCUT2D eigenvalue weighted by Gasteiger charge is 2.25. The Balaban J connectivity index is 1.46. The Kier molecular flexibility index (Phi) is 5.55.